The average molecular weight is 350 g/mol. The Morgan fingerprint density at radius 3 is 2.38 bits per heavy atom. The van der Waals surface area contributed by atoms with Crippen molar-refractivity contribution in [3.05, 3.63) is 88.5 Å². The second-order valence-electron chi connectivity index (χ2n) is 5.35. The zero-order chi connectivity index (χ0) is 18.5. The van der Waals surface area contributed by atoms with Gasteiger partial charge in [0.15, 0.2) is 0 Å². The van der Waals surface area contributed by atoms with Gasteiger partial charge in [-0.15, -0.1) is 0 Å². The molecule has 0 bridgehead atoms. The highest BCUT2D eigenvalue weighted by Gasteiger charge is 2.11. The summed E-state index contributed by atoms with van der Waals surface area (Å²) in [6.07, 6.45) is 0. The molecule has 0 unspecified atom stereocenters. The Morgan fingerprint density at radius 2 is 1.69 bits per heavy atom. The summed E-state index contributed by atoms with van der Waals surface area (Å²) in [4.78, 5) is 22.4. The third kappa shape index (κ3) is 3.96. The highest BCUT2D eigenvalue weighted by atomic mass is 16.6. The molecule has 0 heterocycles. The predicted molar refractivity (Wildman–Crippen MR) is 95.7 cm³/mol. The van der Waals surface area contributed by atoms with Gasteiger partial charge in [-0.1, -0.05) is 18.2 Å². The van der Waals surface area contributed by atoms with E-state index in [0.717, 1.165) is 0 Å². The van der Waals surface area contributed by atoms with Gasteiger partial charge in [-0.2, -0.15) is 0 Å². The molecule has 0 fully saturated rings. The van der Waals surface area contributed by atoms with Crippen molar-refractivity contribution in [3.8, 4) is 17.2 Å². The van der Waals surface area contributed by atoms with Crippen LogP contribution in [0.4, 0.5) is 11.4 Å². The molecule has 7 heteroatoms. The largest absolute Gasteiger partial charge is 0.507 e. The molecular formula is C19H14N2O5. The molecule has 0 radical (unpaired) electrons. The molecule has 26 heavy (non-hydrogen) atoms. The van der Waals surface area contributed by atoms with Crippen LogP contribution in [-0.4, -0.2) is 15.9 Å². The van der Waals surface area contributed by atoms with Gasteiger partial charge in [0.2, 0.25) is 0 Å². The number of nitrogens with one attached hydrogen (secondary N) is 1. The number of nitro groups is 1. The Hall–Kier alpha value is -3.87. The molecule has 2 N–H and O–H groups in total. The number of aromatic hydroxyl groups is 1. The van der Waals surface area contributed by atoms with Crippen LogP contribution in [-0.2, 0) is 0 Å². The van der Waals surface area contributed by atoms with Crippen molar-refractivity contribution >= 4 is 17.3 Å². The summed E-state index contributed by atoms with van der Waals surface area (Å²) >= 11 is 0. The predicted octanol–water partition coefficient (Wildman–Crippen LogP) is 4.35. The molecule has 0 atom stereocenters. The summed E-state index contributed by atoms with van der Waals surface area (Å²) in [5.74, 6) is 0.326. The second-order valence-corrected chi connectivity index (χ2v) is 5.35. The minimum Gasteiger partial charge on any atom is -0.507 e. The zero-order valence-electron chi connectivity index (χ0n) is 13.5. The van der Waals surface area contributed by atoms with Crippen molar-refractivity contribution in [1.29, 1.82) is 0 Å². The molecule has 130 valence electrons. The molecule has 3 aromatic rings. The van der Waals surface area contributed by atoms with Crippen LogP contribution < -0.4 is 10.1 Å². The van der Waals surface area contributed by atoms with Gasteiger partial charge in [0.1, 0.15) is 17.2 Å². The lowest BCUT2D eigenvalue weighted by Crippen LogP contribution is -2.11. The van der Waals surface area contributed by atoms with Crippen molar-refractivity contribution in [3.63, 3.8) is 0 Å². The van der Waals surface area contributed by atoms with Crippen LogP contribution >= 0.6 is 0 Å². The maximum absolute atomic E-state index is 12.2. The van der Waals surface area contributed by atoms with Gasteiger partial charge in [-0.3, -0.25) is 14.9 Å². The molecule has 3 aromatic carbocycles. The summed E-state index contributed by atoms with van der Waals surface area (Å²) < 4.78 is 5.64. The molecule has 0 spiro atoms. The van der Waals surface area contributed by atoms with Crippen molar-refractivity contribution in [2.24, 2.45) is 0 Å². The van der Waals surface area contributed by atoms with Crippen LogP contribution in [0.15, 0.2) is 72.8 Å². The number of non-ortho nitro benzene ring substituents is 1. The third-order valence-electron chi connectivity index (χ3n) is 3.52. The molecule has 0 aliphatic heterocycles. The smallest absolute Gasteiger partial charge is 0.269 e. The van der Waals surface area contributed by atoms with E-state index in [1.807, 2.05) is 0 Å². The van der Waals surface area contributed by atoms with E-state index in [-0.39, 0.29) is 17.0 Å². The summed E-state index contributed by atoms with van der Waals surface area (Å²) in [6.45, 7) is 0. The van der Waals surface area contributed by atoms with E-state index in [4.69, 9.17) is 4.74 Å². The van der Waals surface area contributed by atoms with Gasteiger partial charge in [0, 0.05) is 23.9 Å². The number of hydrogen-bond acceptors (Lipinski definition) is 5. The number of nitrogens with zero attached hydrogens (tertiary/aromatic N) is 1. The highest BCUT2D eigenvalue weighted by Crippen LogP contribution is 2.26. The summed E-state index contributed by atoms with van der Waals surface area (Å²) in [5.41, 5.74) is 0.618. The van der Waals surface area contributed by atoms with E-state index in [0.29, 0.717) is 17.2 Å². The summed E-state index contributed by atoms with van der Waals surface area (Å²) in [5, 5.41) is 23.1. The van der Waals surface area contributed by atoms with Crippen molar-refractivity contribution in [2.45, 2.75) is 0 Å². The SMILES string of the molecule is O=C(Nc1cccc(Oc2ccc([N+](=O)[O-])cc2)c1)c1ccccc1O. The maximum atomic E-state index is 12.2. The standard InChI is InChI=1S/C19H14N2O5/c22-18-7-2-1-6-17(18)19(23)20-13-4-3-5-16(12-13)26-15-10-8-14(9-11-15)21(24)25/h1-12,22H,(H,20,23). The molecule has 0 aliphatic rings. The van der Waals surface area contributed by atoms with Crippen molar-refractivity contribution in [1.82, 2.24) is 0 Å². The molecule has 1 amide bonds. The molecule has 0 saturated carbocycles. The first-order chi connectivity index (χ1) is 12.5. The maximum Gasteiger partial charge on any atom is 0.269 e. The van der Waals surface area contributed by atoms with E-state index < -0.39 is 10.8 Å². The molecule has 0 aliphatic carbocycles. The molecule has 0 saturated heterocycles. The average Bonchev–Trinajstić information content (AvgIpc) is 2.63. The number of para-hydroxylation sites is 1. The van der Waals surface area contributed by atoms with Gasteiger partial charge in [0.05, 0.1) is 10.5 Å². The van der Waals surface area contributed by atoms with Crippen LogP contribution in [0.25, 0.3) is 0 Å². The van der Waals surface area contributed by atoms with Crippen LogP contribution in [0.1, 0.15) is 10.4 Å². The lowest BCUT2D eigenvalue weighted by atomic mass is 10.2. The van der Waals surface area contributed by atoms with Crippen LogP contribution in [0, 0.1) is 10.1 Å². The van der Waals surface area contributed by atoms with Gasteiger partial charge >= 0.3 is 0 Å². The number of carbonyl (C=O) groups excluding carboxylic acids is 1. The van der Waals surface area contributed by atoms with Crippen LogP contribution in [0.2, 0.25) is 0 Å². The first-order valence-electron chi connectivity index (χ1n) is 7.64. The number of hydrogen-bond donors (Lipinski definition) is 2. The van der Waals surface area contributed by atoms with Crippen LogP contribution in [0.5, 0.6) is 17.2 Å². The molecule has 0 aromatic heterocycles. The van der Waals surface area contributed by atoms with E-state index in [1.165, 1.54) is 36.4 Å². The third-order valence-corrected chi connectivity index (χ3v) is 3.52. The van der Waals surface area contributed by atoms with E-state index in [9.17, 15) is 20.0 Å². The lowest BCUT2D eigenvalue weighted by molar-refractivity contribution is -0.384. The van der Waals surface area contributed by atoms with Crippen molar-refractivity contribution < 1.29 is 19.6 Å². The topological polar surface area (TPSA) is 102 Å². The highest BCUT2D eigenvalue weighted by molar-refractivity contribution is 6.06. The van der Waals surface area contributed by atoms with E-state index >= 15 is 0 Å². The Bertz CT molecular complexity index is 954. The number of phenols is 1. The van der Waals surface area contributed by atoms with Crippen molar-refractivity contribution in [2.75, 3.05) is 5.32 Å². The van der Waals surface area contributed by atoms with Gasteiger partial charge in [-0.05, 0) is 36.4 Å². The first kappa shape index (κ1) is 17.0. The number of nitro benzene ring substituents is 1. The second kappa shape index (κ2) is 7.35. The van der Waals surface area contributed by atoms with Gasteiger partial charge in [-0.25, -0.2) is 0 Å². The van der Waals surface area contributed by atoms with E-state index in [1.54, 1.807) is 36.4 Å². The summed E-state index contributed by atoms with van der Waals surface area (Å²) in [6, 6.07) is 18.6. The Balaban J connectivity index is 1.73. The number of ether oxygens (including phenoxy) is 1. The van der Waals surface area contributed by atoms with Crippen LogP contribution in [0.3, 0.4) is 0 Å². The number of benzene rings is 3. The summed E-state index contributed by atoms with van der Waals surface area (Å²) in [7, 11) is 0. The fourth-order valence-electron chi connectivity index (χ4n) is 2.27. The minimum atomic E-state index is -0.487. The number of phenolic OH excluding ortho intramolecular Hbond substituents is 1. The number of amides is 1. The Morgan fingerprint density at radius 1 is 0.962 bits per heavy atom. The molecular weight excluding hydrogens is 336 g/mol. The minimum absolute atomic E-state index is 0.0268. The number of anilines is 1. The Kier molecular flexibility index (Phi) is 4.80. The normalized spacial score (nSPS) is 10.2. The Labute approximate surface area is 148 Å². The van der Waals surface area contributed by atoms with Gasteiger partial charge < -0.3 is 15.2 Å². The quantitative estimate of drug-likeness (QED) is 0.526. The fraction of sp³-hybridized carbons (Fsp3) is 0. The molecule has 3 rings (SSSR count). The fourth-order valence-corrected chi connectivity index (χ4v) is 2.27. The monoisotopic (exact) mass is 350 g/mol. The van der Waals surface area contributed by atoms with E-state index in [2.05, 4.69) is 5.32 Å². The van der Waals surface area contributed by atoms with Gasteiger partial charge in [0.25, 0.3) is 11.6 Å². The first-order valence-corrected chi connectivity index (χ1v) is 7.64. The zero-order valence-corrected chi connectivity index (χ0v) is 13.5. The molecule has 7 nitrogen and oxygen atoms in total. The number of rotatable bonds is 5. The lowest BCUT2D eigenvalue weighted by Gasteiger charge is -2.09. The number of carbonyl (C=O) groups is 1.